The predicted octanol–water partition coefficient (Wildman–Crippen LogP) is 2.34. The van der Waals surface area contributed by atoms with Gasteiger partial charge in [-0.2, -0.15) is 5.10 Å². The van der Waals surface area contributed by atoms with Gasteiger partial charge in [-0.1, -0.05) is 5.16 Å². The summed E-state index contributed by atoms with van der Waals surface area (Å²) in [7, 11) is 0. The second-order valence-corrected chi connectivity index (χ2v) is 9.97. The van der Waals surface area contributed by atoms with E-state index in [1.165, 1.54) is 0 Å². The van der Waals surface area contributed by atoms with Crippen LogP contribution in [0.2, 0.25) is 0 Å². The predicted molar refractivity (Wildman–Crippen MR) is 142 cm³/mol. The first-order valence-corrected chi connectivity index (χ1v) is 13.4. The highest BCUT2D eigenvalue weighted by atomic mass is 16.7. The van der Waals surface area contributed by atoms with Crippen LogP contribution >= 0.6 is 0 Å². The minimum atomic E-state index is -1.46. The van der Waals surface area contributed by atoms with Crippen molar-refractivity contribution in [1.29, 1.82) is 0 Å². The van der Waals surface area contributed by atoms with E-state index in [0.717, 1.165) is 22.4 Å². The largest absolute Gasteiger partial charge is 0.481 e. The fraction of sp³-hybridized carbons (Fsp3) is 0.615. The van der Waals surface area contributed by atoms with Gasteiger partial charge in [-0.25, -0.2) is 9.67 Å². The standard InChI is InChI=1S/C26H37N7O5/c1-5-27-20(34)13-26(25(37)28-6-2)12-19(32-38-26)18-14-29-23-21(15(4)31-33(23)7-3)22(18)30-17-10-8-16(9-11-17)24(35)36/h14,16-17H,5-13H2,1-4H3,(H,27,34)(H,28,37)(H,29,30)(H,35,36). The summed E-state index contributed by atoms with van der Waals surface area (Å²) in [5.41, 5.74) is 2.05. The van der Waals surface area contributed by atoms with Crippen LogP contribution in [0.5, 0.6) is 0 Å². The molecule has 2 aliphatic rings. The van der Waals surface area contributed by atoms with Gasteiger partial charge in [0.15, 0.2) is 5.65 Å². The number of fused-ring (bicyclic) bond motifs is 1. The highest BCUT2D eigenvalue weighted by Crippen LogP contribution is 2.37. The van der Waals surface area contributed by atoms with Gasteiger partial charge in [0.25, 0.3) is 5.91 Å². The lowest BCUT2D eigenvalue weighted by Gasteiger charge is -2.29. The van der Waals surface area contributed by atoms with Gasteiger partial charge in [-0.15, -0.1) is 0 Å². The molecule has 3 heterocycles. The van der Waals surface area contributed by atoms with E-state index in [2.05, 4.69) is 26.2 Å². The van der Waals surface area contributed by atoms with E-state index >= 15 is 0 Å². The Labute approximate surface area is 221 Å². The van der Waals surface area contributed by atoms with Gasteiger partial charge in [0.05, 0.1) is 34.8 Å². The summed E-state index contributed by atoms with van der Waals surface area (Å²) in [6.07, 6.45) is 4.27. The van der Waals surface area contributed by atoms with Crippen molar-refractivity contribution in [1.82, 2.24) is 25.4 Å². The highest BCUT2D eigenvalue weighted by molar-refractivity contribution is 6.13. The molecule has 1 fully saturated rings. The van der Waals surface area contributed by atoms with Crippen molar-refractivity contribution in [3.63, 3.8) is 0 Å². The number of carboxylic acid groups (broad SMARTS) is 1. The molecule has 2 aromatic heterocycles. The molecule has 38 heavy (non-hydrogen) atoms. The molecule has 0 bridgehead atoms. The number of nitrogens with zero attached hydrogens (tertiary/aromatic N) is 4. The first-order valence-electron chi connectivity index (χ1n) is 13.4. The number of oxime groups is 1. The number of aromatic nitrogens is 3. The van der Waals surface area contributed by atoms with Crippen LogP contribution in [0.15, 0.2) is 11.4 Å². The quantitative estimate of drug-likeness (QED) is 0.366. The summed E-state index contributed by atoms with van der Waals surface area (Å²) >= 11 is 0. The molecular formula is C26H37N7O5. The topological polar surface area (TPSA) is 160 Å². The Balaban J connectivity index is 1.71. The van der Waals surface area contributed by atoms with Gasteiger partial charge in [-0.3, -0.25) is 14.4 Å². The molecule has 4 N–H and O–H groups in total. The van der Waals surface area contributed by atoms with Gasteiger partial charge < -0.3 is 25.9 Å². The zero-order valence-corrected chi connectivity index (χ0v) is 22.5. The molecule has 0 radical (unpaired) electrons. The average Bonchev–Trinajstić information content (AvgIpc) is 3.46. The first kappa shape index (κ1) is 27.3. The monoisotopic (exact) mass is 527 g/mol. The molecule has 206 valence electrons. The van der Waals surface area contributed by atoms with E-state index < -0.39 is 17.5 Å². The Bertz CT molecular complexity index is 1250. The summed E-state index contributed by atoms with van der Waals surface area (Å²) in [6.45, 7) is 9.03. The van der Waals surface area contributed by atoms with Gasteiger partial charge in [0.1, 0.15) is 0 Å². The number of nitrogens with one attached hydrogen (secondary N) is 3. The lowest BCUT2D eigenvalue weighted by molar-refractivity contribution is -0.149. The lowest BCUT2D eigenvalue weighted by atomic mass is 9.85. The number of aryl methyl sites for hydroxylation is 2. The van der Waals surface area contributed by atoms with Crippen molar-refractivity contribution in [3.8, 4) is 0 Å². The SMILES string of the molecule is CCNC(=O)CC1(C(=O)NCC)CC(c2cnc3c(c(C)nn3CC)c2NC2CCC(C(=O)O)CC2)=NO1. The summed E-state index contributed by atoms with van der Waals surface area (Å²) < 4.78 is 1.84. The number of anilines is 1. The fourth-order valence-electron chi connectivity index (χ4n) is 5.36. The third-order valence-corrected chi connectivity index (χ3v) is 7.33. The van der Waals surface area contributed by atoms with Crippen LogP contribution in [-0.2, 0) is 25.8 Å². The number of likely N-dealkylation sites (N-methyl/N-ethyl adjacent to an activating group) is 1. The Kier molecular flexibility index (Phi) is 8.17. The van der Waals surface area contributed by atoms with Crippen molar-refractivity contribution >= 4 is 40.2 Å². The molecule has 12 nitrogen and oxygen atoms in total. The van der Waals surface area contributed by atoms with E-state index in [4.69, 9.17) is 9.82 Å². The van der Waals surface area contributed by atoms with Gasteiger partial charge in [-0.05, 0) is 53.4 Å². The molecule has 2 amide bonds. The average molecular weight is 528 g/mol. The molecule has 12 heteroatoms. The van der Waals surface area contributed by atoms with E-state index in [-0.39, 0.29) is 30.7 Å². The number of carbonyl (C=O) groups is 3. The first-order chi connectivity index (χ1) is 18.2. The molecule has 0 spiro atoms. The van der Waals surface area contributed by atoms with Crippen molar-refractivity contribution < 1.29 is 24.3 Å². The van der Waals surface area contributed by atoms with Gasteiger partial charge >= 0.3 is 5.97 Å². The van der Waals surface area contributed by atoms with Crippen LogP contribution in [0, 0.1) is 12.8 Å². The number of hydrogen-bond acceptors (Lipinski definition) is 8. The second kappa shape index (κ2) is 11.4. The zero-order valence-electron chi connectivity index (χ0n) is 22.5. The van der Waals surface area contributed by atoms with Crippen molar-refractivity contribution in [2.75, 3.05) is 18.4 Å². The van der Waals surface area contributed by atoms with Crippen LogP contribution in [-0.4, -0.2) is 68.1 Å². The van der Waals surface area contributed by atoms with Gasteiger partial charge in [0.2, 0.25) is 11.5 Å². The Hall–Kier alpha value is -3.70. The van der Waals surface area contributed by atoms with Crippen LogP contribution in [0.1, 0.15) is 70.6 Å². The summed E-state index contributed by atoms with van der Waals surface area (Å²) in [6, 6.07) is 0.0609. The van der Waals surface area contributed by atoms with Crippen LogP contribution in [0.3, 0.4) is 0 Å². The van der Waals surface area contributed by atoms with Crippen molar-refractivity contribution in [2.24, 2.45) is 11.1 Å². The number of amides is 2. The molecule has 1 aliphatic carbocycles. The molecule has 0 saturated heterocycles. The number of rotatable bonds is 10. The van der Waals surface area contributed by atoms with E-state index in [1.807, 2.05) is 32.4 Å². The maximum Gasteiger partial charge on any atom is 0.306 e. The van der Waals surface area contributed by atoms with Gasteiger partial charge in [0, 0.05) is 43.9 Å². The normalized spacial score (nSPS) is 23.0. The third-order valence-electron chi connectivity index (χ3n) is 7.33. The van der Waals surface area contributed by atoms with E-state index in [0.29, 0.717) is 56.6 Å². The van der Waals surface area contributed by atoms with Crippen molar-refractivity contribution in [2.45, 2.75) is 84.4 Å². The number of hydrogen-bond donors (Lipinski definition) is 4. The zero-order chi connectivity index (χ0) is 27.4. The Morgan fingerprint density at radius 3 is 2.47 bits per heavy atom. The minimum absolute atomic E-state index is 0.0609. The highest BCUT2D eigenvalue weighted by Gasteiger charge is 2.49. The maximum atomic E-state index is 13.1. The minimum Gasteiger partial charge on any atom is -0.481 e. The summed E-state index contributed by atoms with van der Waals surface area (Å²) in [4.78, 5) is 47.5. The van der Waals surface area contributed by atoms with Crippen LogP contribution in [0.25, 0.3) is 11.0 Å². The molecule has 2 aromatic rings. The molecule has 1 saturated carbocycles. The number of pyridine rings is 1. The van der Waals surface area contributed by atoms with Crippen LogP contribution in [0.4, 0.5) is 5.69 Å². The van der Waals surface area contributed by atoms with E-state index in [1.54, 1.807) is 6.20 Å². The molecule has 1 atom stereocenters. The smallest absolute Gasteiger partial charge is 0.306 e. The molecule has 0 aromatic carbocycles. The lowest BCUT2D eigenvalue weighted by Crippen LogP contribution is -2.50. The molecule has 1 unspecified atom stereocenters. The number of carbonyl (C=O) groups excluding carboxylic acids is 2. The maximum absolute atomic E-state index is 13.1. The fourth-order valence-corrected chi connectivity index (χ4v) is 5.36. The summed E-state index contributed by atoms with van der Waals surface area (Å²) in [5, 5.41) is 28.4. The number of aliphatic carboxylic acids is 1. The summed E-state index contributed by atoms with van der Waals surface area (Å²) in [5.74, 6) is -1.76. The Morgan fingerprint density at radius 2 is 1.84 bits per heavy atom. The molecule has 4 rings (SSSR count). The van der Waals surface area contributed by atoms with Crippen molar-refractivity contribution in [3.05, 3.63) is 17.5 Å². The van der Waals surface area contributed by atoms with E-state index in [9.17, 15) is 19.5 Å². The molecular weight excluding hydrogens is 490 g/mol. The van der Waals surface area contributed by atoms with Crippen LogP contribution < -0.4 is 16.0 Å². The third kappa shape index (κ3) is 5.30. The number of carboxylic acids is 1. The molecule has 1 aliphatic heterocycles. The Morgan fingerprint density at radius 1 is 1.13 bits per heavy atom. The second-order valence-electron chi connectivity index (χ2n) is 9.97.